The van der Waals surface area contributed by atoms with E-state index in [2.05, 4.69) is 39.1 Å². The van der Waals surface area contributed by atoms with Gasteiger partial charge in [-0.25, -0.2) is 10.8 Å². The van der Waals surface area contributed by atoms with Crippen LogP contribution in [0.4, 0.5) is 17.5 Å². The van der Waals surface area contributed by atoms with Crippen molar-refractivity contribution in [2.24, 2.45) is 5.84 Å². The first-order chi connectivity index (χ1) is 10.3. The van der Waals surface area contributed by atoms with Gasteiger partial charge in [0.1, 0.15) is 5.82 Å². The standard InChI is InChI=1S/C15H15N5S/c1-21-11-6-4-5-10(9-11)17-14-12-7-2-3-8-13(12)18-15(19-14)20-16/h2-9H,16H2,1H3,(H2,17,18,19,20). The Hall–Kier alpha value is -2.31. The maximum atomic E-state index is 5.44. The third-order valence-corrected chi connectivity index (χ3v) is 3.79. The molecule has 106 valence electrons. The van der Waals surface area contributed by atoms with E-state index in [-0.39, 0.29) is 0 Å². The second-order valence-corrected chi connectivity index (χ2v) is 5.29. The molecule has 21 heavy (non-hydrogen) atoms. The molecule has 0 fully saturated rings. The fourth-order valence-electron chi connectivity index (χ4n) is 2.07. The van der Waals surface area contributed by atoms with Crippen molar-refractivity contribution in [2.45, 2.75) is 4.90 Å². The zero-order valence-electron chi connectivity index (χ0n) is 11.5. The molecule has 3 rings (SSSR count). The maximum absolute atomic E-state index is 5.44. The zero-order chi connectivity index (χ0) is 14.7. The van der Waals surface area contributed by atoms with Gasteiger partial charge in [0.15, 0.2) is 0 Å². The number of nitrogens with zero attached hydrogens (tertiary/aromatic N) is 2. The van der Waals surface area contributed by atoms with Crippen LogP contribution in [0.15, 0.2) is 53.4 Å². The molecule has 0 unspecified atom stereocenters. The molecule has 0 radical (unpaired) electrons. The molecule has 3 aromatic rings. The van der Waals surface area contributed by atoms with Crippen molar-refractivity contribution in [3.63, 3.8) is 0 Å². The average Bonchev–Trinajstić information content (AvgIpc) is 2.55. The Bertz CT molecular complexity index is 775. The van der Waals surface area contributed by atoms with E-state index in [9.17, 15) is 0 Å². The van der Waals surface area contributed by atoms with E-state index in [1.54, 1.807) is 11.8 Å². The highest BCUT2D eigenvalue weighted by atomic mass is 32.2. The first kappa shape index (κ1) is 13.7. The number of aromatic nitrogens is 2. The first-order valence-corrected chi connectivity index (χ1v) is 7.67. The fraction of sp³-hybridized carbons (Fsp3) is 0.0667. The van der Waals surface area contributed by atoms with Crippen molar-refractivity contribution in [3.8, 4) is 0 Å². The molecule has 0 atom stereocenters. The number of hydrogen-bond acceptors (Lipinski definition) is 6. The van der Waals surface area contributed by atoms with Gasteiger partial charge in [-0.1, -0.05) is 18.2 Å². The normalized spacial score (nSPS) is 10.6. The van der Waals surface area contributed by atoms with Crippen LogP contribution in [0.3, 0.4) is 0 Å². The van der Waals surface area contributed by atoms with Crippen molar-refractivity contribution in [3.05, 3.63) is 48.5 Å². The monoisotopic (exact) mass is 297 g/mol. The SMILES string of the molecule is CSc1cccc(Nc2nc(NN)nc3ccccc23)c1. The second-order valence-electron chi connectivity index (χ2n) is 4.41. The molecule has 0 saturated heterocycles. The lowest BCUT2D eigenvalue weighted by atomic mass is 10.2. The van der Waals surface area contributed by atoms with Gasteiger partial charge in [-0.05, 0) is 36.6 Å². The van der Waals surface area contributed by atoms with E-state index < -0.39 is 0 Å². The van der Waals surface area contributed by atoms with E-state index in [4.69, 9.17) is 5.84 Å². The van der Waals surface area contributed by atoms with Crippen molar-refractivity contribution < 1.29 is 0 Å². The number of para-hydroxylation sites is 1. The van der Waals surface area contributed by atoms with Crippen LogP contribution in [0.5, 0.6) is 0 Å². The van der Waals surface area contributed by atoms with Crippen molar-refractivity contribution in [1.29, 1.82) is 0 Å². The lowest BCUT2D eigenvalue weighted by Gasteiger charge is -2.11. The molecule has 0 aliphatic rings. The van der Waals surface area contributed by atoms with Crippen molar-refractivity contribution in [2.75, 3.05) is 17.0 Å². The quantitative estimate of drug-likeness (QED) is 0.389. The number of nitrogens with one attached hydrogen (secondary N) is 2. The molecule has 0 amide bonds. The number of nitrogen functional groups attached to an aromatic ring is 1. The van der Waals surface area contributed by atoms with Gasteiger partial charge < -0.3 is 5.32 Å². The number of hydrogen-bond donors (Lipinski definition) is 3. The summed E-state index contributed by atoms with van der Waals surface area (Å²) in [6.07, 6.45) is 2.05. The molecular weight excluding hydrogens is 282 g/mol. The highest BCUT2D eigenvalue weighted by Crippen LogP contribution is 2.26. The minimum atomic E-state index is 0.386. The summed E-state index contributed by atoms with van der Waals surface area (Å²) in [5, 5.41) is 4.29. The Morgan fingerprint density at radius 2 is 1.90 bits per heavy atom. The van der Waals surface area contributed by atoms with E-state index in [0.29, 0.717) is 5.95 Å². The summed E-state index contributed by atoms with van der Waals surface area (Å²) >= 11 is 1.70. The summed E-state index contributed by atoms with van der Waals surface area (Å²) in [6, 6.07) is 16.0. The van der Waals surface area contributed by atoms with Gasteiger partial charge in [-0.2, -0.15) is 4.98 Å². The largest absolute Gasteiger partial charge is 0.340 e. The fourth-order valence-corrected chi connectivity index (χ4v) is 2.53. The number of rotatable bonds is 4. The van der Waals surface area contributed by atoms with Crippen LogP contribution in [-0.4, -0.2) is 16.2 Å². The van der Waals surface area contributed by atoms with Gasteiger partial charge in [0.05, 0.1) is 5.52 Å². The predicted octanol–water partition coefficient (Wildman–Crippen LogP) is 3.38. The van der Waals surface area contributed by atoms with Gasteiger partial charge in [0, 0.05) is 16.0 Å². The molecule has 4 N–H and O–H groups in total. The molecule has 0 spiro atoms. The van der Waals surface area contributed by atoms with Crippen LogP contribution in [0.2, 0.25) is 0 Å². The summed E-state index contributed by atoms with van der Waals surface area (Å²) in [4.78, 5) is 9.93. The third-order valence-electron chi connectivity index (χ3n) is 3.06. The molecule has 0 bridgehead atoms. The summed E-state index contributed by atoms with van der Waals surface area (Å²) in [7, 11) is 0. The minimum Gasteiger partial charge on any atom is -0.340 e. The van der Waals surface area contributed by atoms with Crippen LogP contribution >= 0.6 is 11.8 Å². The highest BCUT2D eigenvalue weighted by molar-refractivity contribution is 7.98. The van der Waals surface area contributed by atoms with Crippen LogP contribution < -0.4 is 16.6 Å². The Morgan fingerprint density at radius 3 is 2.71 bits per heavy atom. The highest BCUT2D eigenvalue weighted by Gasteiger charge is 2.07. The molecule has 2 aromatic carbocycles. The summed E-state index contributed by atoms with van der Waals surface area (Å²) in [5.41, 5.74) is 4.32. The van der Waals surface area contributed by atoms with Crippen LogP contribution in [0.25, 0.3) is 10.9 Å². The molecule has 0 aliphatic heterocycles. The zero-order valence-corrected chi connectivity index (χ0v) is 12.3. The Labute approximate surface area is 127 Å². The smallest absolute Gasteiger partial charge is 0.239 e. The first-order valence-electron chi connectivity index (χ1n) is 6.44. The van der Waals surface area contributed by atoms with Gasteiger partial charge in [0.2, 0.25) is 5.95 Å². The van der Waals surface area contributed by atoms with Gasteiger partial charge in [-0.3, -0.25) is 5.43 Å². The Balaban J connectivity index is 2.06. The van der Waals surface area contributed by atoms with Crippen LogP contribution in [0, 0.1) is 0 Å². The van der Waals surface area contributed by atoms with Gasteiger partial charge in [-0.15, -0.1) is 11.8 Å². The van der Waals surface area contributed by atoms with Crippen LogP contribution in [0.1, 0.15) is 0 Å². The lowest BCUT2D eigenvalue weighted by Crippen LogP contribution is -2.11. The molecule has 6 heteroatoms. The maximum Gasteiger partial charge on any atom is 0.239 e. The van der Waals surface area contributed by atoms with E-state index in [0.717, 1.165) is 22.4 Å². The summed E-state index contributed by atoms with van der Waals surface area (Å²) in [6.45, 7) is 0. The number of anilines is 3. The number of benzene rings is 2. The van der Waals surface area contributed by atoms with E-state index in [1.165, 1.54) is 4.90 Å². The minimum absolute atomic E-state index is 0.386. The summed E-state index contributed by atoms with van der Waals surface area (Å²) < 4.78 is 0. The van der Waals surface area contributed by atoms with Gasteiger partial charge >= 0.3 is 0 Å². The molecule has 1 aromatic heterocycles. The number of fused-ring (bicyclic) bond motifs is 1. The average molecular weight is 297 g/mol. The number of nitrogens with two attached hydrogens (primary N) is 1. The summed E-state index contributed by atoms with van der Waals surface area (Å²) in [5.74, 6) is 6.56. The number of thioether (sulfide) groups is 1. The third kappa shape index (κ3) is 2.91. The van der Waals surface area contributed by atoms with E-state index in [1.807, 2.05) is 36.4 Å². The topological polar surface area (TPSA) is 75.9 Å². The van der Waals surface area contributed by atoms with Crippen molar-refractivity contribution >= 4 is 40.1 Å². The Kier molecular flexibility index (Phi) is 3.89. The molecule has 0 aliphatic carbocycles. The van der Waals surface area contributed by atoms with Crippen LogP contribution in [-0.2, 0) is 0 Å². The lowest BCUT2D eigenvalue weighted by molar-refractivity contribution is 1.15. The number of hydrazine groups is 1. The Morgan fingerprint density at radius 1 is 1.05 bits per heavy atom. The second kappa shape index (κ2) is 5.99. The molecule has 1 heterocycles. The molecule has 5 nitrogen and oxygen atoms in total. The van der Waals surface area contributed by atoms with E-state index >= 15 is 0 Å². The predicted molar refractivity (Wildman–Crippen MR) is 88.9 cm³/mol. The molecule has 0 saturated carbocycles. The molecular formula is C15H15N5S. The van der Waals surface area contributed by atoms with Gasteiger partial charge in [0.25, 0.3) is 0 Å². The van der Waals surface area contributed by atoms with Crippen molar-refractivity contribution in [1.82, 2.24) is 9.97 Å².